The Morgan fingerprint density at radius 1 is 1.07 bits per heavy atom. The van der Waals surface area contributed by atoms with E-state index in [2.05, 4.69) is 34.6 Å². The molecule has 1 N–H and O–H groups in total. The molecule has 1 nitrogen and oxygen atoms in total. The Hall–Kier alpha value is 0.177. The van der Waals surface area contributed by atoms with Crippen molar-refractivity contribution in [3.05, 3.63) is 0 Å². The molecule has 0 unspecified atom stereocenters. The Labute approximate surface area is 90.9 Å². The maximum atomic E-state index is 10.5. The molecule has 0 fully saturated rings. The largest absolute Gasteiger partial charge is 0.394 e. The molecule has 0 radical (unpaired) electrons. The minimum absolute atomic E-state index is 0.453. The summed E-state index contributed by atoms with van der Waals surface area (Å²) in [5, 5.41) is 10.0. The fraction of sp³-hybridized carbons (Fsp3) is 1.00. The average Bonchev–Trinajstić information content (AvgIpc) is 1.95. The first-order valence-corrected chi connectivity index (χ1v) is 8.28. The third-order valence-electron chi connectivity index (χ3n) is 3.86. The van der Waals surface area contributed by atoms with E-state index in [1.807, 2.05) is 13.8 Å². The van der Waals surface area contributed by atoms with Crippen LogP contribution in [0.15, 0.2) is 0 Å². The van der Waals surface area contributed by atoms with Crippen LogP contribution >= 0.6 is 0 Å². The van der Waals surface area contributed by atoms with Crippen molar-refractivity contribution < 1.29 is 5.11 Å². The van der Waals surface area contributed by atoms with Crippen molar-refractivity contribution in [1.82, 2.24) is 0 Å². The van der Waals surface area contributed by atoms with Crippen LogP contribution < -0.4 is 0 Å². The molecule has 0 heterocycles. The normalized spacial score (nSPS) is 14.1. The van der Waals surface area contributed by atoms with Crippen molar-refractivity contribution in [1.29, 1.82) is 0 Å². The van der Waals surface area contributed by atoms with E-state index in [9.17, 15) is 5.11 Å². The molecule has 0 amide bonds. The average molecular weight is 216 g/mol. The summed E-state index contributed by atoms with van der Waals surface area (Å²) in [4.78, 5) is 0. The van der Waals surface area contributed by atoms with Gasteiger partial charge in [-0.3, -0.25) is 0 Å². The van der Waals surface area contributed by atoms with Gasteiger partial charge in [-0.15, -0.1) is 0 Å². The number of hydrogen-bond donors (Lipinski definition) is 1. The van der Waals surface area contributed by atoms with E-state index in [-0.39, 0.29) is 0 Å². The first-order valence-electron chi connectivity index (χ1n) is 5.92. The molecule has 0 saturated heterocycles. The molecule has 0 aromatic carbocycles. The summed E-state index contributed by atoms with van der Waals surface area (Å²) in [7, 11) is -1.60. The Balaban J connectivity index is 5.16. The number of rotatable bonds is 5. The lowest BCUT2D eigenvalue weighted by atomic mass is 10.4. The van der Waals surface area contributed by atoms with E-state index >= 15 is 0 Å². The van der Waals surface area contributed by atoms with Gasteiger partial charge in [0.2, 0.25) is 0 Å². The summed E-state index contributed by atoms with van der Waals surface area (Å²) < 4.78 is 0. The van der Waals surface area contributed by atoms with Crippen LogP contribution in [0.3, 0.4) is 0 Å². The minimum Gasteiger partial charge on any atom is -0.394 e. The standard InChI is InChI=1S/C12H28OSi/c1-8-9-14(10(2)3,11(4)5)12(6,7)13/h10-11,13H,8-9H2,1-7H3. The molecule has 0 spiro atoms. The van der Waals surface area contributed by atoms with Gasteiger partial charge in [0.25, 0.3) is 0 Å². The zero-order valence-electron chi connectivity index (χ0n) is 11.0. The van der Waals surface area contributed by atoms with Crippen molar-refractivity contribution in [3.63, 3.8) is 0 Å². The molecule has 0 saturated carbocycles. The van der Waals surface area contributed by atoms with E-state index in [1.54, 1.807) is 0 Å². The van der Waals surface area contributed by atoms with E-state index < -0.39 is 13.3 Å². The first kappa shape index (κ1) is 14.2. The van der Waals surface area contributed by atoms with E-state index in [0.717, 1.165) is 0 Å². The molecular weight excluding hydrogens is 188 g/mol. The third kappa shape index (κ3) is 2.40. The molecule has 0 aromatic rings. The van der Waals surface area contributed by atoms with Crippen LogP contribution in [0, 0.1) is 0 Å². The van der Waals surface area contributed by atoms with Crippen molar-refractivity contribution in [2.24, 2.45) is 0 Å². The predicted octanol–water partition coefficient (Wildman–Crippen LogP) is 3.98. The van der Waals surface area contributed by atoms with Crippen LogP contribution in [0.4, 0.5) is 0 Å². The van der Waals surface area contributed by atoms with Gasteiger partial charge in [0, 0.05) is 0 Å². The van der Waals surface area contributed by atoms with Gasteiger partial charge >= 0.3 is 0 Å². The van der Waals surface area contributed by atoms with Crippen LogP contribution in [-0.4, -0.2) is 18.4 Å². The molecule has 0 bridgehead atoms. The zero-order valence-corrected chi connectivity index (χ0v) is 12.0. The maximum Gasteiger partial charge on any atom is 0.0954 e. The number of hydrogen-bond acceptors (Lipinski definition) is 1. The molecule has 86 valence electrons. The topological polar surface area (TPSA) is 20.2 Å². The van der Waals surface area contributed by atoms with Gasteiger partial charge in [0.15, 0.2) is 0 Å². The molecule has 0 aliphatic carbocycles. The molecule has 0 aliphatic rings. The van der Waals surface area contributed by atoms with Crippen LogP contribution in [0.5, 0.6) is 0 Å². The van der Waals surface area contributed by atoms with Crippen molar-refractivity contribution in [2.75, 3.05) is 0 Å². The predicted molar refractivity (Wildman–Crippen MR) is 67.3 cm³/mol. The highest BCUT2D eigenvalue weighted by Crippen LogP contribution is 2.44. The highest BCUT2D eigenvalue weighted by atomic mass is 28.3. The SMILES string of the molecule is CCC[Si](C(C)C)(C(C)C)C(C)(C)O. The lowest BCUT2D eigenvalue weighted by Crippen LogP contribution is -2.59. The van der Waals surface area contributed by atoms with Gasteiger partial charge in [-0.25, -0.2) is 0 Å². The van der Waals surface area contributed by atoms with E-state index in [4.69, 9.17) is 0 Å². The van der Waals surface area contributed by atoms with Gasteiger partial charge in [-0.1, -0.05) is 47.1 Å². The van der Waals surface area contributed by atoms with E-state index in [1.165, 1.54) is 12.5 Å². The molecule has 0 rings (SSSR count). The van der Waals surface area contributed by atoms with Crippen molar-refractivity contribution in [3.8, 4) is 0 Å². The third-order valence-corrected chi connectivity index (χ3v) is 11.6. The fourth-order valence-electron chi connectivity index (χ4n) is 3.38. The second kappa shape index (κ2) is 4.80. The molecule has 14 heavy (non-hydrogen) atoms. The zero-order chi connectivity index (χ0) is 11.6. The Morgan fingerprint density at radius 3 is 1.50 bits per heavy atom. The summed E-state index contributed by atoms with van der Waals surface area (Å²) in [6.45, 7) is 15.4. The van der Waals surface area contributed by atoms with Gasteiger partial charge in [-0.2, -0.15) is 0 Å². The maximum absolute atomic E-state index is 10.5. The van der Waals surface area contributed by atoms with E-state index in [0.29, 0.717) is 11.1 Å². The van der Waals surface area contributed by atoms with Gasteiger partial charge < -0.3 is 5.11 Å². The second-order valence-electron chi connectivity index (χ2n) is 5.66. The molecule has 0 atom stereocenters. The van der Waals surface area contributed by atoms with Crippen LogP contribution in [0.1, 0.15) is 54.9 Å². The lowest BCUT2D eigenvalue weighted by Gasteiger charge is -2.48. The number of aliphatic hydroxyl groups is 1. The van der Waals surface area contributed by atoms with Crippen LogP contribution in [0.2, 0.25) is 17.1 Å². The molecule has 0 aromatic heterocycles. The summed E-state index contributed by atoms with van der Waals surface area (Å²) in [5.74, 6) is 0. The fourth-order valence-corrected chi connectivity index (χ4v) is 10.1. The van der Waals surface area contributed by atoms with Gasteiger partial charge in [-0.05, 0) is 24.9 Å². The molecule has 2 heteroatoms. The summed E-state index contributed by atoms with van der Waals surface area (Å²) in [5.41, 5.74) is 1.31. The van der Waals surface area contributed by atoms with Crippen LogP contribution in [0.25, 0.3) is 0 Å². The highest BCUT2D eigenvalue weighted by molar-refractivity contribution is 6.84. The minimum atomic E-state index is -1.60. The second-order valence-corrected chi connectivity index (χ2v) is 11.8. The monoisotopic (exact) mass is 216 g/mol. The van der Waals surface area contributed by atoms with Crippen molar-refractivity contribution >= 4 is 8.07 Å². The molecular formula is C12H28OSi. The van der Waals surface area contributed by atoms with Gasteiger partial charge in [0.1, 0.15) is 0 Å². The summed E-state index contributed by atoms with van der Waals surface area (Å²) >= 11 is 0. The quantitative estimate of drug-likeness (QED) is 0.689. The molecule has 0 aliphatic heterocycles. The first-order chi connectivity index (χ1) is 6.20. The van der Waals surface area contributed by atoms with Crippen molar-refractivity contribution in [2.45, 2.75) is 77.2 Å². The smallest absolute Gasteiger partial charge is 0.0954 e. The Kier molecular flexibility index (Phi) is 4.86. The lowest BCUT2D eigenvalue weighted by molar-refractivity contribution is 0.149. The van der Waals surface area contributed by atoms with Crippen LogP contribution in [-0.2, 0) is 0 Å². The highest BCUT2D eigenvalue weighted by Gasteiger charge is 2.49. The summed E-state index contributed by atoms with van der Waals surface area (Å²) in [6.07, 6.45) is 1.20. The summed E-state index contributed by atoms with van der Waals surface area (Å²) in [6, 6.07) is 1.24. The Morgan fingerprint density at radius 2 is 1.43 bits per heavy atom. The Bertz CT molecular complexity index is 160. The van der Waals surface area contributed by atoms with Gasteiger partial charge in [0.05, 0.1) is 13.3 Å².